The van der Waals surface area contributed by atoms with Crippen LogP contribution in [0.15, 0.2) is 53.9 Å². The van der Waals surface area contributed by atoms with Crippen LogP contribution in [-0.4, -0.2) is 42.4 Å². The first-order valence-corrected chi connectivity index (χ1v) is 7.95. The zero-order chi connectivity index (χ0) is 15.2. The maximum absolute atomic E-state index is 6.24. The Hall–Kier alpha value is -1.91. The molecule has 1 N–H and O–H groups in total. The molecule has 1 aliphatic heterocycles. The van der Waals surface area contributed by atoms with E-state index < -0.39 is 0 Å². The lowest BCUT2D eigenvalue weighted by Gasteiger charge is -2.30. The molecule has 2 aromatic rings. The fourth-order valence-corrected chi connectivity index (χ4v) is 2.82. The summed E-state index contributed by atoms with van der Waals surface area (Å²) in [5.41, 5.74) is 2.26. The second-order valence-electron chi connectivity index (χ2n) is 5.50. The Bertz CT molecular complexity index is 622. The van der Waals surface area contributed by atoms with Crippen LogP contribution in [0, 0.1) is 0 Å². The lowest BCUT2D eigenvalue weighted by atomic mass is 10.2. The monoisotopic (exact) mass is 315 g/mol. The Balaban J connectivity index is 1.50. The van der Waals surface area contributed by atoms with Crippen molar-refractivity contribution < 1.29 is 4.90 Å². The third-order valence-electron chi connectivity index (χ3n) is 3.90. The molecule has 114 valence electrons. The first-order valence-electron chi connectivity index (χ1n) is 7.57. The number of benzene rings is 1. The van der Waals surface area contributed by atoms with E-state index in [2.05, 4.69) is 27.2 Å². The standard InChI is InChI=1S/C17H19ClN4/c18-17-6-2-1-5-16(17)14-21-8-10-22(11-9-21)20-13-15-4-3-7-19-12-15/h1-7,12-13H,8-11,14H2/p+1/b20-13-. The molecule has 0 radical (unpaired) electrons. The summed E-state index contributed by atoms with van der Waals surface area (Å²) >= 11 is 6.24. The largest absolute Gasteiger partial charge is 0.328 e. The smallest absolute Gasteiger partial charge is 0.104 e. The van der Waals surface area contributed by atoms with Gasteiger partial charge in [-0.3, -0.25) is 9.99 Å². The molecule has 0 unspecified atom stereocenters. The summed E-state index contributed by atoms with van der Waals surface area (Å²) in [4.78, 5) is 5.65. The van der Waals surface area contributed by atoms with Crippen molar-refractivity contribution >= 4 is 17.8 Å². The van der Waals surface area contributed by atoms with Gasteiger partial charge in [0.25, 0.3) is 0 Å². The summed E-state index contributed by atoms with van der Waals surface area (Å²) < 4.78 is 0. The number of hydrogen-bond acceptors (Lipinski definition) is 3. The maximum Gasteiger partial charge on any atom is 0.104 e. The highest BCUT2D eigenvalue weighted by atomic mass is 35.5. The number of aromatic nitrogens is 1. The van der Waals surface area contributed by atoms with E-state index in [4.69, 9.17) is 11.6 Å². The molecular weight excluding hydrogens is 296 g/mol. The molecule has 0 amide bonds. The summed E-state index contributed by atoms with van der Waals surface area (Å²) in [6.07, 6.45) is 5.47. The molecule has 0 atom stereocenters. The predicted molar refractivity (Wildman–Crippen MR) is 89.3 cm³/mol. The molecule has 0 spiro atoms. The van der Waals surface area contributed by atoms with E-state index in [9.17, 15) is 0 Å². The van der Waals surface area contributed by atoms with Gasteiger partial charge >= 0.3 is 0 Å². The predicted octanol–water partition coefficient (Wildman–Crippen LogP) is 1.47. The number of halogens is 1. The zero-order valence-electron chi connectivity index (χ0n) is 12.5. The maximum atomic E-state index is 6.24. The molecule has 1 aromatic heterocycles. The number of hydrazone groups is 1. The van der Waals surface area contributed by atoms with E-state index in [1.807, 2.05) is 36.7 Å². The van der Waals surface area contributed by atoms with Gasteiger partial charge in [-0.05, 0) is 12.1 Å². The molecular formula is C17H20ClN4+. The molecule has 1 aromatic carbocycles. The molecule has 1 fully saturated rings. The van der Waals surface area contributed by atoms with Crippen molar-refractivity contribution in [3.05, 3.63) is 64.9 Å². The number of pyridine rings is 1. The highest BCUT2D eigenvalue weighted by Gasteiger charge is 2.19. The van der Waals surface area contributed by atoms with E-state index in [-0.39, 0.29) is 0 Å². The van der Waals surface area contributed by atoms with Gasteiger partial charge < -0.3 is 4.90 Å². The molecule has 4 nitrogen and oxygen atoms in total. The quantitative estimate of drug-likeness (QED) is 0.867. The van der Waals surface area contributed by atoms with Crippen LogP contribution in [0.5, 0.6) is 0 Å². The second-order valence-corrected chi connectivity index (χ2v) is 5.91. The van der Waals surface area contributed by atoms with Gasteiger partial charge in [-0.1, -0.05) is 35.9 Å². The highest BCUT2D eigenvalue weighted by Crippen LogP contribution is 2.13. The van der Waals surface area contributed by atoms with Crippen LogP contribution in [0.2, 0.25) is 5.02 Å². The first-order chi connectivity index (χ1) is 10.8. The van der Waals surface area contributed by atoms with E-state index in [1.165, 1.54) is 5.56 Å². The Morgan fingerprint density at radius 3 is 2.73 bits per heavy atom. The van der Waals surface area contributed by atoms with Crippen LogP contribution < -0.4 is 4.90 Å². The fourth-order valence-electron chi connectivity index (χ4n) is 2.62. The van der Waals surface area contributed by atoms with Gasteiger partial charge in [-0.25, -0.2) is 0 Å². The molecule has 1 aliphatic rings. The molecule has 0 saturated carbocycles. The lowest BCUT2D eigenvalue weighted by Crippen LogP contribution is -3.13. The van der Waals surface area contributed by atoms with Crippen molar-refractivity contribution in [1.29, 1.82) is 0 Å². The summed E-state index contributed by atoms with van der Waals surface area (Å²) in [5.74, 6) is 0. The minimum atomic E-state index is 0.868. The van der Waals surface area contributed by atoms with Crippen LogP contribution >= 0.6 is 11.6 Å². The number of piperazine rings is 1. The Labute approximate surface area is 136 Å². The van der Waals surface area contributed by atoms with Gasteiger partial charge in [0.05, 0.1) is 32.4 Å². The molecule has 0 aliphatic carbocycles. The normalized spacial score (nSPS) is 16.3. The van der Waals surface area contributed by atoms with Crippen molar-refractivity contribution in [2.75, 3.05) is 26.2 Å². The van der Waals surface area contributed by atoms with E-state index in [0.29, 0.717) is 0 Å². The fraction of sp³-hybridized carbons (Fsp3) is 0.294. The Morgan fingerprint density at radius 1 is 1.18 bits per heavy atom. The summed E-state index contributed by atoms with van der Waals surface area (Å²) in [5, 5.41) is 7.54. The highest BCUT2D eigenvalue weighted by molar-refractivity contribution is 6.31. The van der Waals surface area contributed by atoms with Crippen LogP contribution in [-0.2, 0) is 6.54 Å². The van der Waals surface area contributed by atoms with Crippen molar-refractivity contribution in [2.45, 2.75) is 6.54 Å². The molecule has 1 saturated heterocycles. The van der Waals surface area contributed by atoms with Crippen molar-refractivity contribution in [3.8, 4) is 0 Å². The number of rotatable bonds is 4. The molecule has 3 rings (SSSR count). The van der Waals surface area contributed by atoms with Crippen LogP contribution in [0.25, 0.3) is 0 Å². The van der Waals surface area contributed by atoms with Gasteiger partial charge in [-0.15, -0.1) is 0 Å². The van der Waals surface area contributed by atoms with Gasteiger partial charge in [-0.2, -0.15) is 5.10 Å². The number of nitrogens with zero attached hydrogens (tertiary/aromatic N) is 3. The SMILES string of the molecule is Clc1ccccc1C[NH+]1CCN(/N=C\c2cccnc2)CC1. The Kier molecular flexibility index (Phi) is 5.03. The summed E-state index contributed by atoms with van der Waals surface area (Å²) in [6.45, 7) is 5.08. The number of nitrogens with one attached hydrogen (secondary N) is 1. The van der Waals surface area contributed by atoms with Gasteiger partial charge in [0, 0.05) is 28.5 Å². The zero-order valence-corrected chi connectivity index (χ0v) is 13.2. The lowest BCUT2D eigenvalue weighted by molar-refractivity contribution is -0.918. The molecule has 5 heteroatoms. The minimum Gasteiger partial charge on any atom is -0.328 e. The van der Waals surface area contributed by atoms with Crippen molar-refractivity contribution in [1.82, 2.24) is 9.99 Å². The van der Waals surface area contributed by atoms with Crippen molar-refractivity contribution in [3.63, 3.8) is 0 Å². The topological polar surface area (TPSA) is 32.9 Å². The third kappa shape index (κ3) is 4.06. The van der Waals surface area contributed by atoms with Crippen LogP contribution in [0.4, 0.5) is 0 Å². The van der Waals surface area contributed by atoms with E-state index in [1.54, 1.807) is 11.1 Å². The molecule has 22 heavy (non-hydrogen) atoms. The van der Waals surface area contributed by atoms with Crippen LogP contribution in [0.3, 0.4) is 0 Å². The Morgan fingerprint density at radius 2 is 2.00 bits per heavy atom. The van der Waals surface area contributed by atoms with Gasteiger partial charge in [0.2, 0.25) is 0 Å². The summed E-state index contributed by atoms with van der Waals surface area (Å²) in [6, 6.07) is 12.0. The van der Waals surface area contributed by atoms with Gasteiger partial charge in [0.1, 0.15) is 6.54 Å². The minimum absolute atomic E-state index is 0.868. The average Bonchev–Trinajstić information content (AvgIpc) is 2.57. The molecule has 0 bridgehead atoms. The number of quaternary nitrogens is 1. The van der Waals surface area contributed by atoms with Crippen LogP contribution in [0.1, 0.15) is 11.1 Å². The average molecular weight is 316 g/mol. The molecule has 2 heterocycles. The second kappa shape index (κ2) is 7.38. The van der Waals surface area contributed by atoms with E-state index >= 15 is 0 Å². The van der Waals surface area contributed by atoms with Crippen molar-refractivity contribution in [2.24, 2.45) is 5.10 Å². The number of hydrogen-bond donors (Lipinski definition) is 1. The summed E-state index contributed by atoms with van der Waals surface area (Å²) in [7, 11) is 0. The third-order valence-corrected chi connectivity index (χ3v) is 4.27. The first kappa shape index (κ1) is 15.0. The van der Waals surface area contributed by atoms with E-state index in [0.717, 1.165) is 43.3 Å². The van der Waals surface area contributed by atoms with Gasteiger partial charge in [0.15, 0.2) is 0 Å².